The first-order valence-corrected chi connectivity index (χ1v) is 8.03. The molecule has 0 aliphatic rings. The van der Waals surface area contributed by atoms with E-state index in [1.54, 1.807) is 0 Å². The van der Waals surface area contributed by atoms with Gasteiger partial charge < -0.3 is 10.4 Å². The topological polar surface area (TPSA) is 86.7 Å². The molecule has 9 heteroatoms. The summed E-state index contributed by atoms with van der Waals surface area (Å²) in [5, 5.41) is 11.4. The lowest BCUT2D eigenvalue weighted by Crippen LogP contribution is -2.40. The van der Waals surface area contributed by atoms with Crippen molar-refractivity contribution in [3.8, 4) is 0 Å². The number of aliphatic hydroxyl groups excluding tert-OH is 1. The van der Waals surface area contributed by atoms with Crippen LogP contribution >= 0.6 is 22.9 Å². The zero-order valence-corrected chi connectivity index (χ0v) is 12.8. The summed E-state index contributed by atoms with van der Waals surface area (Å²) in [4.78, 5) is 11.5. The molecule has 0 radical (unpaired) electrons. The van der Waals surface area contributed by atoms with E-state index < -0.39 is 22.0 Å². The van der Waals surface area contributed by atoms with Crippen molar-refractivity contribution in [1.82, 2.24) is 9.62 Å². The number of carbonyl (C=O) groups is 1. The fourth-order valence-corrected chi connectivity index (χ4v) is 4.02. The van der Waals surface area contributed by atoms with Gasteiger partial charge in [0.2, 0.25) is 5.91 Å². The van der Waals surface area contributed by atoms with Gasteiger partial charge in [0, 0.05) is 13.6 Å². The summed E-state index contributed by atoms with van der Waals surface area (Å²) in [7, 11) is -2.40. The van der Waals surface area contributed by atoms with E-state index in [4.69, 9.17) is 16.7 Å². The van der Waals surface area contributed by atoms with Crippen molar-refractivity contribution in [2.45, 2.75) is 17.2 Å². The molecule has 6 nitrogen and oxygen atoms in total. The molecule has 1 unspecified atom stereocenters. The Labute approximate surface area is 121 Å². The number of hydrogen-bond acceptors (Lipinski definition) is 5. The third-order valence-corrected chi connectivity index (χ3v) is 5.68. The van der Waals surface area contributed by atoms with Crippen LogP contribution in [0.1, 0.15) is 6.92 Å². The van der Waals surface area contributed by atoms with Crippen molar-refractivity contribution in [2.24, 2.45) is 0 Å². The SMILES string of the molecule is CC(O)CNC(=O)CN(C)S(=O)(=O)c1ccc(Cl)s1. The van der Waals surface area contributed by atoms with E-state index in [0.29, 0.717) is 4.34 Å². The van der Waals surface area contributed by atoms with Gasteiger partial charge in [-0.1, -0.05) is 11.6 Å². The highest BCUT2D eigenvalue weighted by atomic mass is 35.5. The van der Waals surface area contributed by atoms with Crippen molar-refractivity contribution < 1.29 is 18.3 Å². The summed E-state index contributed by atoms with van der Waals surface area (Å²) in [5.41, 5.74) is 0. The molecular formula is C10H15ClN2O4S2. The standard InChI is InChI=1S/C10H15ClN2O4S2/c1-7(14)5-12-9(15)6-13(2)19(16,17)10-4-3-8(11)18-10/h3-4,7,14H,5-6H2,1-2H3,(H,12,15). The molecule has 1 amide bonds. The summed E-state index contributed by atoms with van der Waals surface area (Å²) in [6, 6.07) is 2.88. The lowest BCUT2D eigenvalue weighted by Gasteiger charge is -2.16. The average molecular weight is 327 g/mol. The first kappa shape index (κ1) is 16.4. The number of hydrogen-bond donors (Lipinski definition) is 2. The van der Waals surface area contributed by atoms with Gasteiger partial charge in [-0.05, 0) is 19.1 Å². The molecule has 1 heterocycles. The van der Waals surface area contributed by atoms with Gasteiger partial charge in [-0.25, -0.2) is 8.42 Å². The van der Waals surface area contributed by atoms with Crippen LogP contribution in [0.2, 0.25) is 4.34 Å². The number of sulfonamides is 1. The summed E-state index contributed by atoms with van der Waals surface area (Å²) in [5.74, 6) is -0.477. The molecular weight excluding hydrogens is 312 g/mol. The van der Waals surface area contributed by atoms with Crippen LogP contribution < -0.4 is 5.32 Å². The minimum atomic E-state index is -3.71. The first-order chi connectivity index (χ1) is 8.73. The number of aliphatic hydroxyl groups is 1. The Kier molecular flexibility index (Phi) is 5.75. The second-order valence-corrected chi connectivity index (χ2v) is 7.96. The van der Waals surface area contributed by atoms with Crippen LogP contribution in [0.3, 0.4) is 0 Å². The van der Waals surface area contributed by atoms with Gasteiger partial charge in [0.05, 0.1) is 17.0 Å². The van der Waals surface area contributed by atoms with E-state index >= 15 is 0 Å². The van der Waals surface area contributed by atoms with Crippen molar-refractivity contribution >= 4 is 38.9 Å². The molecule has 1 aromatic rings. The third-order valence-electron chi connectivity index (χ3n) is 2.17. The van der Waals surface area contributed by atoms with Crippen LogP contribution in [0.4, 0.5) is 0 Å². The molecule has 1 aromatic heterocycles. The van der Waals surface area contributed by atoms with E-state index in [0.717, 1.165) is 15.6 Å². The number of carbonyl (C=O) groups excluding carboxylic acids is 1. The average Bonchev–Trinajstić information content (AvgIpc) is 2.73. The molecule has 0 aromatic carbocycles. The number of halogens is 1. The van der Waals surface area contributed by atoms with Crippen molar-refractivity contribution in [2.75, 3.05) is 20.1 Å². The van der Waals surface area contributed by atoms with Crippen LogP contribution in [0.5, 0.6) is 0 Å². The van der Waals surface area contributed by atoms with Gasteiger partial charge in [-0.2, -0.15) is 4.31 Å². The lowest BCUT2D eigenvalue weighted by atomic mass is 10.4. The Balaban J connectivity index is 2.67. The molecule has 2 N–H and O–H groups in total. The van der Waals surface area contributed by atoms with Gasteiger partial charge in [0.15, 0.2) is 0 Å². The maximum absolute atomic E-state index is 12.1. The Morgan fingerprint density at radius 1 is 1.58 bits per heavy atom. The summed E-state index contributed by atoms with van der Waals surface area (Å²) < 4.78 is 25.5. The van der Waals surface area contributed by atoms with E-state index in [9.17, 15) is 13.2 Å². The molecule has 1 atom stereocenters. The lowest BCUT2D eigenvalue weighted by molar-refractivity contribution is -0.121. The number of nitrogens with one attached hydrogen (secondary N) is 1. The van der Waals surface area contributed by atoms with Crippen LogP contribution in [0, 0.1) is 0 Å². The van der Waals surface area contributed by atoms with Crippen LogP contribution in [-0.2, 0) is 14.8 Å². The molecule has 0 aliphatic carbocycles. The monoisotopic (exact) mass is 326 g/mol. The highest BCUT2D eigenvalue weighted by molar-refractivity contribution is 7.91. The molecule has 0 saturated carbocycles. The molecule has 0 spiro atoms. The Morgan fingerprint density at radius 3 is 2.68 bits per heavy atom. The van der Waals surface area contributed by atoms with Crippen molar-refractivity contribution in [3.05, 3.63) is 16.5 Å². The molecule has 0 saturated heterocycles. The van der Waals surface area contributed by atoms with Gasteiger partial charge >= 0.3 is 0 Å². The zero-order chi connectivity index (χ0) is 14.6. The predicted octanol–water partition coefficient (Wildman–Crippen LogP) is 0.519. The van der Waals surface area contributed by atoms with Gasteiger partial charge in [-0.3, -0.25) is 4.79 Å². The van der Waals surface area contributed by atoms with E-state index in [-0.39, 0.29) is 17.3 Å². The Hall–Kier alpha value is -0.670. The molecule has 0 bridgehead atoms. The number of nitrogens with zero attached hydrogens (tertiary/aromatic N) is 1. The normalized spacial score (nSPS) is 13.5. The molecule has 108 valence electrons. The number of likely N-dealkylation sites (N-methyl/N-ethyl adjacent to an activating group) is 1. The third kappa shape index (κ3) is 4.73. The minimum Gasteiger partial charge on any atom is -0.392 e. The maximum atomic E-state index is 12.1. The van der Waals surface area contributed by atoms with Crippen LogP contribution in [0.25, 0.3) is 0 Å². The summed E-state index contributed by atoms with van der Waals surface area (Å²) in [6.45, 7) is 1.29. The van der Waals surface area contributed by atoms with Crippen molar-refractivity contribution in [3.63, 3.8) is 0 Å². The predicted molar refractivity (Wildman–Crippen MR) is 73.8 cm³/mol. The Morgan fingerprint density at radius 2 is 2.21 bits per heavy atom. The number of rotatable bonds is 6. The summed E-state index contributed by atoms with van der Waals surface area (Å²) in [6.07, 6.45) is -0.679. The van der Waals surface area contributed by atoms with E-state index in [2.05, 4.69) is 5.32 Å². The second-order valence-electron chi connectivity index (χ2n) is 3.97. The summed E-state index contributed by atoms with van der Waals surface area (Å²) >= 11 is 6.62. The largest absolute Gasteiger partial charge is 0.392 e. The van der Waals surface area contributed by atoms with Crippen LogP contribution in [-0.4, -0.2) is 50.0 Å². The molecule has 19 heavy (non-hydrogen) atoms. The van der Waals surface area contributed by atoms with E-state index in [1.807, 2.05) is 0 Å². The fourth-order valence-electron chi connectivity index (χ4n) is 1.19. The molecule has 1 rings (SSSR count). The van der Waals surface area contributed by atoms with Gasteiger partial charge in [-0.15, -0.1) is 11.3 Å². The highest BCUT2D eigenvalue weighted by Crippen LogP contribution is 2.27. The van der Waals surface area contributed by atoms with E-state index in [1.165, 1.54) is 26.1 Å². The number of thiophene rings is 1. The fraction of sp³-hybridized carbons (Fsp3) is 0.500. The van der Waals surface area contributed by atoms with Gasteiger partial charge in [0.25, 0.3) is 10.0 Å². The minimum absolute atomic E-state index is 0.0809. The quantitative estimate of drug-likeness (QED) is 0.798. The maximum Gasteiger partial charge on any atom is 0.252 e. The molecule has 0 fully saturated rings. The zero-order valence-electron chi connectivity index (χ0n) is 10.5. The van der Waals surface area contributed by atoms with Gasteiger partial charge in [0.1, 0.15) is 4.21 Å². The second kappa shape index (κ2) is 6.67. The Bertz CT molecular complexity index is 541. The van der Waals surface area contributed by atoms with Crippen LogP contribution in [0.15, 0.2) is 16.3 Å². The molecule has 0 aliphatic heterocycles. The van der Waals surface area contributed by atoms with Crippen molar-refractivity contribution in [1.29, 1.82) is 0 Å². The highest BCUT2D eigenvalue weighted by Gasteiger charge is 2.24. The first-order valence-electron chi connectivity index (χ1n) is 5.40. The smallest absolute Gasteiger partial charge is 0.252 e. The number of amides is 1.